The zero-order valence-electron chi connectivity index (χ0n) is 7.81. The SMILES string of the molecule is CSC1CCN(c2cccnc2)C1. The highest BCUT2D eigenvalue weighted by Crippen LogP contribution is 2.24. The second-order valence-electron chi connectivity index (χ2n) is 3.30. The lowest BCUT2D eigenvalue weighted by atomic mass is 10.4. The van der Waals surface area contributed by atoms with E-state index in [0.29, 0.717) is 0 Å². The van der Waals surface area contributed by atoms with E-state index >= 15 is 0 Å². The Morgan fingerprint density at radius 2 is 2.54 bits per heavy atom. The number of thioether (sulfide) groups is 1. The molecule has 3 heteroatoms. The van der Waals surface area contributed by atoms with Crippen molar-refractivity contribution in [2.75, 3.05) is 24.2 Å². The molecule has 1 saturated heterocycles. The third-order valence-corrected chi connectivity index (χ3v) is 3.54. The minimum atomic E-state index is 0.806. The van der Waals surface area contributed by atoms with Crippen LogP contribution in [0.15, 0.2) is 24.5 Å². The first-order valence-electron chi connectivity index (χ1n) is 4.58. The number of aromatic nitrogens is 1. The molecule has 2 rings (SSSR count). The summed E-state index contributed by atoms with van der Waals surface area (Å²) in [5.74, 6) is 0. The molecule has 1 aromatic rings. The Morgan fingerprint density at radius 1 is 1.62 bits per heavy atom. The van der Waals surface area contributed by atoms with Gasteiger partial charge in [-0.05, 0) is 24.8 Å². The predicted octanol–water partition coefficient (Wildman–Crippen LogP) is 2.02. The molecule has 1 aliphatic heterocycles. The van der Waals surface area contributed by atoms with E-state index in [1.165, 1.54) is 25.2 Å². The van der Waals surface area contributed by atoms with E-state index in [1.54, 1.807) is 0 Å². The Balaban J connectivity index is 2.04. The summed E-state index contributed by atoms with van der Waals surface area (Å²) < 4.78 is 0. The zero-order chi connectivity index (χ0) is 9.10. The first-order valence-corrected chi connectivity index (χ1v) is 5.86. The third kappa shape index (κ3) is 1.97. The van der Waals surface area contributed by atoms with Crippen LogP contribution >= 0.6 is 11.8 Å². The molecule has 70 valence electrons. The average molecular weight is 194 g/mol. The van der Waals surface area contributed by atoms with E-state index in [2.05, 4.69) is 22.2 Å². The van der Waals surface area contributed by atoms with Gasteiger partial charge in [0, 0.05) is 24.5 Å². The third-order valence-electron chi connectivity index (χ3n) is 2.49. The highest BCUT2D eigenvalue weighted by atomic mass is 32.2. The number of hydrogen-bond donors (Lipinski definition) is 0. The van der Waals surface area contributed by atoms with E-state index in [1.807, 2.05) is 30.2 Å². The lowest BCUT2D eigenvalue weighted by Crippen LogP contribution is -2.20. The molecule has 1 aliphatic rings. The zero-order valence-corrected chi connectivity index (χ0v) is 8.63. The van der Waals surface area contributed by atoms with Crippen molar-refractivity contribution in [2.24, 2.45) is 0 Å². The topological polar surface area (TPSA) is 16.1 Å². The maximum Gasteiger partial charge on any atom is 0.0553 e. The summed E-state index contributed by atoms with van der Waals surface area (Å²) in [6.45, 7) is 2.35. The fourth-order valence-electron chi connectivity index (χ4n) is 1.70. The van der Waals surface area contributed by atoms with Crippen LogP contribution in [-0.4, -0.2) is 29.6 Å². The maximum absolute atomic E-state index is 4.13. The molecule has 1 fully saturated rings. The van der Waals surface area contributed by atoms with E-state index < -0.39 is 0 Å². The summed E-state index contributed by atoms with van der Waals surface area (Å²) in [5.41, 5.74) is 1.26. The molecule has 0 radical (unpaired) electrons. The van der Waals surface area contributed by atoms with Crippen molar-refractivity contribution in [3.8, 4) is 0 Å². The van der Waals surface area contributed by atoms with E-state index in [4.69, 9.17) is 0 Å². The Kier molecular flexibility index (Phi) is 2.74. The molecule has 0 aliphatic carbocycles. The molecule has 0 spiro atoms. The quantitative estimate of drug-likeness (QED) is 0.716. The van der Waals surface area contributed by atoms with Gasteiger partial charge in [-0.2, -0.15) is 11.8 Å². The summed E-state index contributed by atoms with van der Waals surface area (Å²) >= 11 is 1.97. The lowest BCUT2D eigenvalue weighted by Gasteiger charge is -2.17. The monoisotopic (exact) mass is 194 g/mol. The molecule has 2 heterocycles. The van der Waals surface area contributed by atoms with Gasteiger partial charge in [0.05, 0.1) is 11.9 Å². The molecule has 13 heavy (non-hydrogen) atoms. The number of anilines is 1. The number of rotatable bonds is 2. The van der Waals surface area contributed by atoms with Crippen LogP contribution in [0.3, 0.4) is 0 Å². The number of pyridine rings is 1. The first-order chi connectivity index (χ1) is 6.40. The van der Waals surface area contributed by atoms with Gasteiger partial charge < -0.3 is 4.90 Å². The van der Waals surface area contributed by atoms with E-state index in [-0.39, 0.29) is 0 Å². The average Bonchev–Trinajstić information content (AvgIpc) is 2.67. The van der Waals surface area contributed by atoms with Gasteiger partial charge in [-0.1, -0.05) is 0 Å². The molecular weight excluding hydrogens is 180 g/mol. The fourth-order valence-corrected chi connectivity index (χ4v) is 2.37. The normalized spacial score (nSPS) is 22.2. The van der Waals surface area contributed by atoms with Crippen molar-refractivity contribution >= 4 is 17.4 Å². The van der Waals surface area contributed by atoms with Crippen molar-refractivity contribution in [1.82, 2.24) is 4.98 Å². The Bertz CT molecular complexity index is 263. The molecule has 0 aromatic carbocycles. The van der Waals surface area contributed by atoms with Gasteiger partial charge >= 0.3 is 0 Å². The molecule has 0 saturated carbocycles. The predicted molar refractivity (Wildman–Crippen MR) is 58.4 cm³/mol. The Morgan fingerprint density at radius 3 is 3.15 bits per heavy atom. The minimum absolute atomic E-state index is 0.806. The van der Waals surface area contributed by atoms with Crippen LogP contribution in [0.1, 0.15) is 6.42 Å². The summed E-state index contributed by atoms with van der Waals surface area (Å²) in [6.07, 6.45) is 7.27. The van der Waals surface area contributed by atoms with Crippen LogP contribution in [0.5, 0.6) is 0 Å². The van der Waals surface area contributed by atoms with Crippen molar-refractivity contribution in [2.45, 2.75) is 11.7 Å². The van der Waals surface area contributed by atoms with Crippen molar-refractivity contribution in [1.29, 1.82) is 0 Å². The van der Waals surface area contributed by atoms with Gasteiger partial charge in [0.15, 0.2) is 0 Å². The molecule has 1 unspecified atom stereocenters. The standard InChI is InChI=1S/C10H14N2S/c1-13-10-4-6-12(8-10)9-3-2-5-11-7-9/h2-3,5,7,10H,4,6,8H2,1H3. The van der Waals surface area contributed by atoms with Crippen molar-refractivity contribution in [3.05, 3.63) is 24.5 Å². The number of nitrogens with zero attached hydrogens (tertiary/aromatic N) is 2. The maximum atomic E-state index is 4.13. The van der Waals surface area contributed by atoms with Gasteiger partial charge in [0.25, 0.3) is 0 Å². The molecule has 0 N–H and O–H groups in total. The van der Waals surface area contributed by atoms with Gasteiger partial charge in [0.1, 0.15) is 0 Å². The first kappa shape index (κ1) is 8.88. The second-order valence-corrected chi connectivity index (χ2v) is 4.44. The Labute approximate surface area is 83.4 Å². The van der Waals surface area contributed by atoms with E-state index in [0.717, 1.165) is 5.25 Å². The summed E-state index contributed by atoms with van der Waals surface area (Å²) in [4.78, 5) is 6.54. The van der Waals surface area contributed by atoms with Crippen LogP contribution in [-0.2, 0) is 0 Å². The fraction of sp³-hybridized carbons (Fsp3) is 0.500. The highest BCUT2D eigenvalue weighted by molar-refractivity contribution is 7.99. The largest absolute Gasteiger partial charge is 0.369 e. The van der Waals surface area contributed by atoms with Crippen LogP contribution < -0.4 is 4.90 Å². The van der Waals surface area contributed by atoms with Crippen molar-refractivity contribution in [3.63, 3.8) is 0 Å². The van der Waals surface area contributed by atoms with Crippen LogP contribution in [0.2, 0.25) is 0 Å². The van der Waals surface area contributed by atoms with Gasteiger partial charge in [-0.25, -0.2) is 0 Å². The number of hydrogen-bond acceptors (Lipinski definition) is 3. The van der Waals surface area contributed by atoms with Gasteiger partial charge in [-0.3, -0.25) is 4.98 Å². The van der Waals surface area contributed by atoms with Crippen LogP contribution in [0.25, 0.3) is 0 Å². The molecular formula is C10H14N2S. The summed E-state index contributed by atoms with van der Waals surface area (Å²) in [7, 11) is 0. The second kappa shape index (κ2) is 4.01. The molecule has 1 atom stereocenters. The molecule has 1 aromatic heterocycles. The molecule has 0 amide bonds. The smallest absolute Gasteiger partial charge is 0.0553 e. The molecule has 2 nitrogen and oxygen atoms in total. The lowest BCUT2D eigenvalue weighted by molar-refractivity contribution is 0.961. The highest BCUT2D eigenvalue weighted by Gasteiger charge is 2.21. The van der Waals surface area contributed by atoms with E-state index in [9.17, 15) is 0 Å². The van der Waals surface area contributed by atoms with Crippen LogP contribution in [0.4, 0.5) is 5.69 Å². The summed E-state index contributed by atoms with van der Waals surface area (Å²) in [6, 6.07) is 4.14. The minimum Gasteiger partial charge on any atom is -0.369 e. The molecule has 0 bridgehead atoms. The summed E-state index contributed by atoms with van der Waals surface area (Å²) in [5, 5.41) is 0.806. The Hall–Kier alpha value is -0.700. The van der Waals surface area contributed by atoms with Gasteiger partial charge in [-0.15, -0.1) is 0 Å². The van der Waals surface area contributed by atoms with Crippen molar-refractivity contribution < 1.29 is 0 Å². The van der Waals surface area contributed by atoms with Crippen LogP contribution in [0, 0.1) is 0 Å². The van der Waals surface area contributed by atoms with Gasteiger partial charge in [0.2, 0.25) is 0 Å².